The first kappa shape index (κ1) is 13.8. The van der Waals surface area contributed by atoms with Crippen molar-refractivity contribution >= 4 is 17.4 Å². The van der Waals surface area contributed by atoms with Gasteiger partial charge in [-0.25, -0.2) is 15.0 Å². The summed E-state index contributed by atoms with van der Waals surface area (Å²) in [6.45, 7) is 6.55. The Bertz CT molecular complexity index is 553. The summed E-state index contributed by atoms with van der Waals surface area (Å²) in [5.41, 5.74) is 0. The zero-order chi connectivity index (χ0) is 13.8. The van der Waals surface area contributed by atoms with E-state index in [2.05, 4.69) is 20.3 Å². The van der Waals surface area contributed by atoms with Gasteiger partial charge in [-0.2, -0.15) is 0 Å². The van der Waals surface area contributed by atoms with Gasteiger partial charge in [0.25, 0.3) is 0 Å². The Morgan fingerprint density at radius 1 is 1.37 bits per heavy atom. The molecule has 0 aliphatic heterocycles. The molecule has 2 aromatic rings. The fourth-order valence-electron chi connectivity index (χ4n) is 1.54. The summed E-state index contributed by atoms with van der Waals surface area (Å²) in [7, 11) is 0. The highest BCUT2D eigenvalue weighted by molar-refractivity contribution is 6.29. The van der Waals surface area contributed by atoms with Gasteiger partial charge in [0.15, 0.2) is 0 Å². The number of anilines is 1. The first-order valence-corrected chi connectivity index (χ1v) is 6.68. The molecule has 0 radical (unpaired) electrons. The molecule has 2 heterocycles. The molecule has 5 nitrogen and oxygen atoms in total. The molecule has 0 saturated carbocycles. The summed E-state index contributed by atoms with van der Waals surface area (Å²) in [6, 6.07) is 1.69. The maximum Gasteiger partial charge on any atom is 0.213 e. The van der Waals surface area contributed by atoms with Crippen LogP contribution in [0.3, 0.4) is 0 Å². The molecule has 0 saturated heterocycles. The highest BCUT2D eigenvalue weighted by Gasteiger charge is 2.08. The fraction of sp³-hybridized carbons (Fsp3) is 0.462. The van der Waals surface area contributed by atoms with Crippen LogP contribution in [0, 0.1) is 0 Å². The average Bonchev–Trinajstić information content (AvgIpc) is 2.83. The van der Waals surface area contributed by atoms with Crippen LogP contribution < -0.4 is 5.32 Å². The minimum atomic E-state index is 0.229. The minimum Gasteiger partial charge on any atom is -0.444 e. The number of aryl methyl sites for hydroxylation is 1. The number of rotatable bonds is 5. The standard InChI is InChI=1S/C13H17ClN4O/c1-4-9-6-16-12(19-9)7-15-11-5-10(14)17-13(18-11)8(2)3/h5-6,8H,4,7H2,1-3H3,(H,15,17,18). The van der Waals surface area contributed by atoms with E-state index in [0.717, 1.165) is 18.0 Å². The summed E-state index contributed by atoms with van der Waals surface area (Å²) in [6.07, 6.45) is 2.58. The van der Waals surface area contributed by atoms with E-state index in [0.29, 0.717) is 23.4 Å². The van der Waals surface area contributed by atoms with Crippen molar-refractivity contribution in [1.29, 1.82) is 0 Å². The number of hydrogen-bond donors (Lipinski definition) is 1. The Kier molecular flexibility index (Phi) is 4.37. The predicted molar refractivity (Wildman–Crippen MR) is 74.3 cm³/mol. The monoisotopic (exact) mass is 280 g/mol. The highest BCUT2D eigenvalue weighted by Crippen LogP contribution is 2.17. The van der Waals surface area contributed by atoms with Crippen LogP contribution in [0.25, 0.3) is 0 Å². The molecule has 2 aromatic heterocycles. The first-order valence-electron chi connectivity index (χ1n) is 6.30. The van der Waals surface area contributed by atoms with Crippen LogP contribution >= 0.6 is 11.6 Å². The van der Waals surface area contributed by atoms with Crippen molar-refractivity contribution < 1.29 is 4.42 Å². The Balaban J connectivity index is 2.06. The lowest BCUT2D eigenvalue weighted by Crippen LogP contribution is -2.05. The minimum absolute atomic E-state index is 0.229. The summed E-state index contributed by atoms with van der Waals surface area (Å²) < 4.78 is 5.51. The molecule has 0 bridgehead atoms. The normalized spacial score (nSPS) is 11.0. The summed E-state index contributed by atoms with van der Waals surface area (Å²) >= 11 is 5.97. The molecule has 0 aliphatic rings. The van der Waals surface area contributed by atoms with Gasteiger partial charge >= 0.3 is 0 Å². The molecule has 0 amide bonds. The summed E-state index contributed by atoms with van der Waals surface area (Å²) in [5.74, 6) is 3.14. The molecule has 0 aromatic carbocycles. The third-order valence-electron chi connectivity index (χ3n) is 2.60. The lowest BCUT2D eigenvalue weighted by molar-refractivity contribution is 0.465. The number of nitrogens with zero attached hydrogens (tertiary/aromatic N) is 3. The van der Waals surface area contributed by atoms with Gasteiger partial charge in [-0.1, -0.05) is 32.4 Å². The van der Waals surface area contributed by atoms with Gasteiger partial charge in [-0.15, -0.1) is 0 Å². The van der Waals surface area contributed by atoms with Crippen molar-refractivity contribution in [2.45, 2.75) is 39.7 Å². The van der Waals surface area contributed by atoms with Gasteiger partial charge < -0.3 is 9.73 Å². The van der Waals surface area contributed by atoms with Crippen LogP contribution in [-0.2, 0) is 13.0 Å². The third kappa shape index (κ3) is 3.67. The van der Waals surface area contributed by atoms with Gasteiger partial charge in [0, 0.05) is 18.4 Å². The van der Waals surface area contributed by atoms with Crippen molar-refractivity contribution in [1.82, 2.24) is 15.0 Å². The zero-order valence-corrected chi connectivity index (χ0v) is 12.0. The second kappa shape index (κ2) is 6.02. The summed E-state index contributed by atoms with van der Waals surface area (Å²) in [5, 5.41) is 3.58. The number of hydrogen-bond acceptors (Lipinski definition) is 5. The molecular weight excluding hydrogens is 264 g/mol. The second-order valence-corrected chi connectivity index (χ2v) is 4.90. The molecule has 102 valence electrons. The summed E-state index contributed by atoms with van der Waals surface area (Å²) in [4.78, 5) is 12.8. The Hall–Kier alpha value is -1.62. The first-order chi connectivity index (χ1) is 9.08. The van der Waals surface area contributed by atoms with Crippen molar-refractivity contribution in [2.24, 2.45) is 0 Å². The molecule has 0 atom stereocenters. The SMILES string of the molecule is CCc1cnc(CNc2cc(Cl)nc(C(C)C)n2)o1. The molecule has 19 heavy (non-hydrogen) atoms. The van der Waals surface area contributed by atoms with Crippen LogP contribution in [0.1, 0.15) is 44.2 Å². The van der Waals surface area contributed by atoms with Crippen LogP contribution in [0.5, 0.6) is 0 Å². The van der Waals surface area contributed by atoms with Gasteiger partial charge in [-0.3, -0.25) is 0 Å². The molecule has 0 unspecified atom stereocenters. The smallest absolute Gasteiger partial charge is 0.213 e. The number of halogens is 1. The van der Waals surface area contributed by atoms with Crippen molar-refractivity contribution in [3.63, 3.8) is 0 Å². The van der Waals surface area contributed by atoms with E-state index >= 15 is 0 Å². The van der Waals surface area contributed by atoms with Crippen molar-refractivity contribution in [3.05, 3.63) is 34.9 Å². The number of aromatic nitrogens is 3. The predicted octanol–water partition coefficient (Wildman–Crippen LogP) is 3.42. The van der Waals surface area contributed by atoms with E-state index in [1.807, 2.05) is 20.8 Å². The van der Waals surface area contributed by atoms with E-state index in [9.17, 15) is 0 Å². The molecular formula is C13H17ClN4O. The highest BCUT2D eigenvalue weighted by atomic mass is 35.5. The molecule has 1 N–H and O–H groups in total. The quantitative estimate of drug-likeness (QED) is 0.850. The zero-order valence-electron chi connectivity index (χ0n) is 11.3. The maximum atomic E-state index is 5.97. The van der Waals surface area contributed by atoms with Crippen LogP contribution in [0.2, 0.25) is 5.15 Å². The van der Waals surface area contributed by atoms with E-state index in [1.165, 1.54) is 0 Å². The van der Waals surface area contributed by atoms with Crippen LogP contribution in [-0.4, -0.2) is 15.0 Å². The Labute approximate surface area is 117 Å². The molecule has 0 fully saturated rings. The van der Waals surface area contributed by atoms with E-state index in [4.69, 9.17) is 16.0 Å². The topological polar surface area (TPSA) is 63.8 Å². The van der Waals surface area contributed by atoms with E-state index < -0.39 is 0 Å². The lowest BCUT2D eigenvalue weighted by Gasteiger charge is -2.08. The van der Waals surface area contributed by atoms with E-state index in [1.54, 1.807) is 12.3 Å². The van der Waals surface area contributed by atoms with Gasteiger partial charge in [0.2, 0.25) is 5.89 Å². The number of nitrogens with one attached hydrogen (secondary N) is 1. The average molecular weight is 281 g/mol. The van der Waals surface area contributed by atoms with Crippen LogP contribution in [0.15, 0.2) is 16.7 Å². The Morgan fingerprint density at radius 3 is 2.79 bits per heavy atom. The van der Waals surface area contributed by atoms with Crippen molar-refractivity contribution in [3.8, 4) is 0 Å². The number of oxazole rings is 1. The molecule has 6 heteroatoms. The van der Waals surface area contributed by atoms with Gasteiger partial charge in [-0.05, 0) is 0 Å². The van der Waals surface area contributed by atoms with Gasteiger partial charge in [0.1, 0.15) is 22.6 Å². The fourth-order valence-corrected chi connectivity index (χ4v) is 1.73. The van der Waals surface area contributed by atoms with Crippen LogP contribution in [0.4, 0.5) is 5.82 Å². The molecule has 0 aliphatic carbocycles. The molecule has 2 rings (SSSR count). The third-order valence-corrected chi connectivity index (χ3v) is 2.79. The molecule has 0 spiro atoms. The van der Waals surface area contributed by atoms with Crippen molar-refractivity contribution in [2.75, 3.05) is 5.32 Å². The Morgan fingerprint density at radius 2 is 2.16 bits per heavy atom. The van der Waals surface area contributed by atoms with Gasteiger partial charge in [0.05, 0.1) is 12.7 Å². The second-order valence-electron chi connectivity index (χ2n) is 4.52. The largest absolute Gasteiger partial charge is 0.444 e. The lowest BCUT2D eigenvalue weighted by atomic mass is 10.2. The van der Waals surface area contributed by atoms with E-state index in [-0.39, 0.29) is 5.92 Å². The maximum absolute atomic E-state index is 5.97.